The Morgan fingerprint density at radius 3 is 2.67 bits per heavy atom. The van der Waals surface area contributed by atoms with E-state index in [1.807, 2.05) is 24.3 Å². The van der Waals surface area contributed by atoms with Gasteiger partial charge in [-0.05, 0) is 31.0 Å². The summed E-state index contributed by atoms with van der Waals surface area (Å²) >= 11 is 0. The summed E-state index contributed by atoms with van der Waals surface area (Å²) in [7, 11) is 1.60. The Morgan fingerprint density at radius 1 is 1.30 bits per heavy atom. The molecule has 1 saturated heterocycles. The third kappa shape index (κ3) is 6.45. The molecule has 1 unspecified atom stereocenters. The van der Waals surface area contributed by atoms with Gasteiger partial charge in [-0.15, -0.1) is 6.58 Å². The van der Waals surface area contributed by atoms with E-state index >= 15 is 0 Å². The quantitative estimate of drug-likeness (QED) is 0.662. The molecule has 27 heavy (non-hydrogen) atoms. The van der Waals surface area contributed by atoms with E-state index in [9.17, 15) is 9.90 Å². The molecule has 150 valence electrons. The standard InChI is InChI=1S/C20H30N2O5/c1-4-6-16-7-8-18(19(13-16)25-3)27-15-17(23)14-21-9-11-22(12-10-21)20(24)26-5-2/h4,7-8,13,17,23H,1,5-6,9-12,14-15H2,2-3H3. The fourth-order valence-electron chi connectivity index (χ4n) is 2.99. The fourth-order valence-corrected chi connectivity index (χ4v) is 2.99. The Labute approximate surface area is 161 Å². The minimum Gasteiger partial charge on any atom is -0.493 e. The van der Waals surface area contributed by atoms with Gasteiger partial charge in [-0.2, -0.15) is 0 Å². The third-order valence-electron chi connectivity index (χ3n) is 4.41. The van der Waals surface area contributed by atoms with E-state index in [1.54, 1.807) is 18.9 Å². The number of methoxy groups -OCH3 is 1. The first-order valence-electron chi connectivity index (χ1n) is 9.30. The van der Waals surface area contributed by atoms with E-state index < -0.39 is 6.10 Å². The second kappa shape index (κ2) is 10.8. The zero-order valence-corrected chi connectivity index (χ0v) is 16.2. The van der Waals surface area contributed by atoms with Crippen molar-refractivity contribution < 1.29 is 24.1 Å². The lowest BCUT2D eigenvalue weighted by atomic mass is 10.1. The largest absolute Gasteiger partial charge is 0.493 e. The zero-order valence-electron chi connectivity index (χ0n) is 16.2. The smallest absolute Gasteiger partial charge is 0.409 e. The summed E-state index contributed by atoms with van der Waals surface area (Å²) in [5.41, 5.74) is 1.09. The summed E-state index contributed by atoms with van der Waals surface area (Å²) in [6, 6.07) is 5.72. The lowest BCUT2D eigenvalue weighted by Crippen LogP contribution is -2.51. The summed E-state index contributed by atoms with van der Waals surface area (Å²) in [5.74, 6) is 1.25. The van der Waals surface area contributed by atoms with Gasteiger partial charge in [0, 0.05) is 32.7 Å². The average Bonchev–Trinajstić information content (AvgIpc) is 2.68. The number of benzene rings is 1. The van der Waals surface area contributed by atoms with Crippen molar-refractivity contribution in [2.45, 2.75) is 19.4 Å². The summed E-state index contributed by atoms with van der Waals surface area (Å²) in [5, 5.41) is 10.3. The van der Waals surface area contributed by atoms with Crippen LogP contribution in [0.3, 0.4) is 0 Å². The van der Waals surface area contributed by atoms with Gasteiger partial charge in [0.25, 0.3) is 0 Å². The van der Waals surface area contributed by atoms with Gasteiger partial charge >= 0.3 is 6.09 Å². The number of ether oxygens (including phenoxy) is 3. The Balaban J connectivity index is 1.77. The molecular weight excluding hydrogens is 348 g/mol. The van der Waals surface area contributed by atoms with Crippen LogP contribution in [0.4, 0.5) is 4.79 Å². The number of amides is 1. The Hall–Kier alpha value is -2.25. The highest BCUT2D eigenvalue weighted by Crippen LogP contribution is 2.28. The van der Waals surface area contributed by atoms with Crippen molar-refractivity contribution in [2.24, 2.45) is 0 Å². The third-order valence-corrected chi connectivity index (χ3v) is 4.41. The first-order valence-corrected chi connectivity index (χ1v) is 9.30. The van der Waals surface area contributed by atoms with Gasteiger partial charge in [-0.1, -0.05) is 12.1 Å². The SMILES string of the molecule is C=CCc1ccc(OCC(O)CN2CCN(C(=O)OCC)CC2)c(OC)c1. The molecule has 1 aliphatic rings. The van der Waals surface area contributed by atoms with Gasteiger partial charge in [0.15, 0.2) is 11.5 Å². The number of hydrogen-bond acceptors (Lipinski definition) is 6. The van der Waals surface area contributed by atoms with Crippen LogP contribution >= 0.6 is 0 Å². The van der Waals surface area contributed by atoms with Crippen LogP contribution in [0.1, 0.15) is 12.5 Å². The van der Waals surface area contributed by atoms with Crippen molar-refractivity contribution in [2.75, 3.05) is 53.0 Å². The van der Waals surface area contributed by atoms with Crippen LogP contribution in [-0.2, 0) is 11.2 Å². The molecule has 1 aromatic rings. The lowest BCUT2D eigenvalue weighted by molar-refractivity contribution is 0.0403. The van der Waals surface area contributed by atoms with Crippen LogP contribution in [0.2, 0.25) is 0 Å². The topological polar surface area (TPSA) is 71.5 Å². The molecule has 1 N–H and O–H groups in total. The molecule has 1 aromatic carbocycles. The van der Waals surface area contributed by atoms with Crippen molar-refractivity contribution in [1.82, 2.24) is 9.80 Å². The molecule has 0 spiro atoms. The highest BCUT2D eigenvalue weighted by Gasteiger charge is 2.23. The van der Waals surface area contributed by atoms with Crippen LogP contribution in [0.25, 0.3) is 0 Å². The lowest BCUT2D eigenvalue weighted by Gasteiger charge is -2.34. The van der Waals surface area contributed by atoms with E-state index in [2.05, 4.69) is 11.5 Å². The highest BCUT2D eigenvalue weighted by atomic mass is 16.6. The molecule has 0 radical (unpaired) electrons. The van der Waals surface area contributed by atoms with Crippen LogP contribution in [-0.4, -0.2) is 80.2 Å². The van der Waals surface area contributed by atoms with E-state index in [-0.39, 0.29) is 12.7 Å². The molecule has 1 aliphatic heterocycles. The molecule has 7 nitrogen and oxygen atoms in total. The number of aliphatic hydroxyl groups is 1. The number of carbonyl (C=O) groups excluding carboxylic acids is 1. The van der Waals surface area contributed by atoms with E-state index in [0.29, 0.717) is 50.8 Å². The maximum Gasteiger partial charge on any atom is 0.409 e. The monoisotopic (exact) mass is 378 g/mol. The van der Waals surface area contributed by atoms with Gasteiger partial charge in [-0.3, -0.25) is 4.90 Å². The minimum absolute atomic E-state index is 0.176. The van der Waals surface area contributed by atoms with E-state index in [0.717, 1.165) is 12.0 Å². The van der Waals surface area contributed by atoms with Crippen LogP contribution in [0.15, 0.2) is 30.9 Å². The molecule has 1 heterocycles. The predicted octanol–water partition coefficient (Wildman–Crippen LogP) is 1.94. The number of carbonyl (C=O) groups is 1. The zero-order chi connectivity index (χ0) is 19.6. The molecular formula is C20H30N2O5. The number of hydrogen-bond donors (Lipinski definition) is 1. The number of piperazine rings is 1. The van der Waals surface area contributed by atoms with Gasteiger partial charge in [-0.25, -0.2) is 4.79 Å². The van der Waals surface area contributed by atoms with Gasteiger partial charge < -0.3 is 24.2 Å². The average molecular weight is 378 g/mol. The van der Waals surface area contributed by atoms with Gasteiger partial charge in [0.1, 0.15) is 12.7 Å². The van der Waals surface area contributed by atoms with Crippen molar-refractivity contribution in [3.05, 3.63) is 36.4 Å². The molecule has 0 aromatic heterocycles. The second-order valence-electron chi connectivity index (χ2n) is 6.43. The normalized spacial score (nSPS) is 15.9. The molecule has 2 rings (SSSR count). The summed E-state index contributed by atoms with van der Waals surface area (Å²) in [4.78, 5) is 15.5. The Bertz CT molecular complexity index is 614. The van der Waals surface area contributed by atoms with E-state index in [1.165, 1.54) is 0 Å². The fraction of sp³-hybridized carbons (Fsp3) is 0.550. The van der Waals surface area contributed by atoms with Crippen molar-refractivity contribution in [3.8, 4) is 11.5 Å². The number of aliphatic hydroxyl groups excluding tert-OH is 1. The van der Waals surface area contributed by atoms with Gasteiger partial charge in [0.05, 0.1) is 13.7 Å². The maximum absolute atomic E-state index is 11.7. The molecule has 1 atom stereocenters. The first-order chi connectivity index (χ1) is 13.1. The summed E-state index contributed by atoms with van der Waals surface area (Å²) in [6.45, 7) is 9.20. The molecule has 0 saturated carbocycles. The van der Waals surface area contributed by atoms with Crippen molar-refractivity contribution >= 4 is 6.09 Å². The molecule has 1 fully saturated rings. The number of nitrogens with zero attached hydrogens (tertiary/aromatic N) is 2. The summed E-state index contributed by atoms with van der Waals surface area (Å²) in [6.07, 6.45) is 1.70. The van der Waals surface area contributed by atoms with Crippen molar-refractivity contribution in [1.29, 1.82) is 0 Å². The van der Waals surface area contributed by atoms with Crippen molar-refractivity contribution in [3.63, 3.8) is 0 Å². The minimum atomic E-state index is -0.628. The highest BCUT2D eigenvalue weighted by molar-refractivity contribution is 5.67. The first kappa shape index (κ1) is 21.1. The van der Waals surface area contributed by atoms with Crippen LogP contribution in [0, 0.1) is 0 Å². The summed E-state index contributed by atoms with van der Waals surface area (Å²) < 4.78 is 16.1. The molecule has 0 bridgehead atoms. The Kier molecular flexibility index (Phi) is 8.42. The molecule has 1 amide bonds. The van der Waals surface area contributed by atoms with Crippen LogP contribution in [0.5, 0.6) is 11.5 Å². The van der Waals surface area contributed by atoms with Crippen LogP contribution < -0.4 is 9.47 Å². The maximum atomic E-state index is 11.7. The molecule has 0 aliphatic carbocycles. The molecule has 7 heteroatoms. The predicted molar refractivity (Wildman–Crippen MR) is 103 cm³/mol. The number of allylic oxidation sites excluding steroid dienone is 1. The number of β-amino-alcohol motifs (C(OH)–C–C–N with tert-alkyl or cyclic N) is 1. The Morgan fingerprint density at radius 2 is 2.04 bits per heavy atom. The second-order valence-corrected chi connectivity index (χ2v) is 6.43. The number of rotatable bonds is 9. The van der Waals surface area contributed by atoms with Gasteiger partial charge in [0.2, 0.25) is 0 Å². The van der Waals surface area contributed by atoms with E-state index in [4.69, 9.17) is 14.2 Å².